The Morgan fingerprint density at radius 3 is 2.00 bits per heavy atom. The zero-order valence-corrected chi connectivity index (χ0v) is 9.28. The first-order valence-electron chi connectivity index (χ1n) is 4.75. The summed E-state index contributed by atoms with van der Waals surface area (Å²) in [7, 11) is 0. The molecule has 0 aliphatic heterocycles. The van der Waals surface area contributed by atoms with Gasteiger partial charge >= 0.3 is 0 Å². The smallest absolute Gasteiger partial charge is 0.0892 e. The van der Waals surface area contributed by atoms with Crippen molar-refractivity contribution in [2.45, 2.75) is 39.7 Å². The Morgan fingerprint density at radius 2 is 1.92 bits per heavy atom. The minimum atomic E-state index is -0.105. The van der Waals surface area contributed by atoms with Gasteiger partial charge < -0.3 is 11.1 Å². The van der Waals surface area contributed by atoms with Crippen LogP contribution >= 0.6 is 0 Å². The van der Waals surface area contributed by atoms with Crippen LogP contribution in [0.1, 0.15) is 34.1 Å². The minimum absolute atomic E-state index is 0.105. The number of rotatable bonds is 5. The molecule has 3 N–H and O–H groups in total. The van der Waals surface area contributed by atoms with Crippen molar-refractivity contribution in [2.24, 2.45) is 11.7 Å². The van der Waals surface area contributed by atoms with Gasteiger partial charge in [-0.15, -0.1) is 0 Å². The lowest BCUT2D eigenvalue weighted by molar-refractivity contribution is 0.296. The Hall–Kier alpha value is -0.920. The molecule has 0 aromatic carbocycles. The fraction of sp³-hybridized carbons (Fsp3) is 0.636. The molecule has 0 aromatic heterocycles. The molecule has 0 heterocycles. The summed E-state index contributed by atoms with van der Waals surface area (Å²) in [6, 6.07) is 0. The van der Waals surface area contributed by atoms with Gasteiger partial charge in [0.1, 0.15) is 0 Å². The SMILES string of the molecule is C=C(N)NC(CC)(C(=C)C)C(C)C. The fourth-order valence-corrected chi connectivity index (χ4v) is 1.83. The molecular formula is C11H22N2. The highest BCUT2D eigenvalue weighted by atomic mass is 15.1. The van der Waals surface area contributed by atoms with Gasteiger partial charge in [0.25, 0.3) is 0 Å². The van der Waals surface area contributed by atoms with Crippen LogP contribution in [0.3, 0.4) is 0 Å². The highest BCUT2D eigenvalue weighted by Crippen LogP contribution is 2.28. The van der Waals surface area contributed by atoms with Gasteiger partial charge in [-0.05, 0) is 19.3 Å². The van der Waals surface area contributed by atoms with Crippen molar-refractivity contribution in [1.29, 1.82) is 0 Å². The van der Waals surface area contributed by atoms with Gasteiger partial charge in [0.15, 0.2) is 0 Å². The Bertz CT molecular complexity index is 206. The number of nitrogens with two attached hydrogens (primary N) is 1. The van der Waals surface area contributed by atoms with Crippen LogP contribution < -0.4 is 11.1 Å². The summed E-state index contributed by atoms with van der Waals surface area (Å²) in [4.78, 5) is 0. The molecule has 0 saturated carbocycles. The molecule has 2 nitrogen and oxygen atoms in total. The van der Waals surface area contributed by atoms with Gasteiger partial charge in [0.2, 0.25) is 0 Å². The van der Waals surface area contributed by atoms with Crippen LogP contribution in [-0.4, -0.2) is 5.54 Å². The van der Waals surface area contributed by atoms with Crippen molar-refractivity contribution < 1.29 is 0 Å². The summed E-state index contributed by atoms with van der Waals surface area (Å²) in [5.41, 5.74) is 6.59. The average Bonchev–Trinajstić information content (AvgIpc) is 1.98. The summed E-state index contributed by atoms with van der Waals surface area (Å²) in [6.45, 7) is 16.2. The van der Waals surface area contributed by atoms with E-state index in [-0.39, 0.29) is 5.54 Å². The minimum Gasteiger partial charge on any atom is -0.386 e. The van der Waals surface area contributed by atoms with Gasteiger partial charge in [-0.2, -0.15) is 0 Å². The maximum atomic E-state index is 5.58. The lowest BCUT2D eigenvalue weighted by atomic mass is 9.78. The van der Waals surface area contributed by atoms with E-state index in [0.717, 1.165) is 12.0 Å². The maximum absolute atomic E-state index is 5.58. The van der Waals surface area contributed by atoms with Crippen LogP contribution in [0.2, 0.25) is 0 Å². The van der Waals surface area contributed by atoms with Crippen molar-refractivity contribution in [3.63, 3.8) is 0 Å². The van der Waals surface area contributed by atoms with Crippen LogP contribution in [0, 0.1) is 5.92 Å². The second kappa shape index (κ2) is 4.35. The van der Waals surface area contributed by atoms with Crippen LogP contribution in [0.25, 0.3) is 0 Å². The van der Waals surface area contributed by atoms with Crippen molar-refractivity contribution in [1.82, 2.24) is 5.32 Å². The van der Waals surface area contributed by atoms with Gasteiger partial charge in [-0.1, -0.05) is 39.5 Å². The van der Waals surface area contributed by atoms with E-state index in [0.29, 0.717) is 11.7 Å². The van der Waals surface area contributed by atoms with E-state index >= 15 is 0 Å². The highest BCUT2D eigenvalue weighted by molar-refractivity contribution is 5.18. The Labute approximate surface area is 81.9 Å². The van der Waals surface area contributed by atoms with Crippen LogP contribution in [0.15, 0.2) is 24.6 Å². The molecule has 0 radical (unpaired) electrons. The van der Waals surface area contributed by atoms with Crippen LogP contribution in [0.4, 0.5) is 0 Å². The molecule has 0 amide bonds. The van der Waals surface area contributed by atoms with Gasteiger partial charge in [0, 0.05) is 0 Å². The summed E-state index contributed by atoms with van der Waals surface area (Å²) in [5.74, 6) is 0.967. The average molecular weight is 182 g/mol. The Balaban J connectivity index is 4.87. The van der Waals surface area contributed by atoms with Gasteiger partial charge in [-0.25, -0.2) is 0 Å². The van der Waals surface area contributed by atoms with Crippen LogP contribution in [0.5, 0.6) is 0 Å². The molecule has 1 unspecified atom stereocenters. The molecule has 2 heteroatoms. The number of hydrogen-bond donors (Lipinski definition) is 2. The van der Waals surface area contributed by atoms with E-state index in [2.05, 4.69) is 39.2 Å². The predicted molar refractivity (Wildman–Crippen MR) is 59.1 cm³/mol. The second-order valence-corrected chi connectivity index (χ2v) is 3.91. The van der Waals surface area contributed by atoms with Crippen molar-refractivity contribution in [3.8, 4) is 0 Å². The largest absolute Gasteiger partial charge is 0.386 e. The molecule has 76 valence electrons. The molecule has 0 aliphatic rings. The molecule has 0 fully saturated rings. The topological polar surface area (TPSA) is 38.0 Å². The quantitative estimate of drug-likeness (QED) is 0.641. The molecule has 0 saturated heterocycles. The molecule has 0 rings (SSSR count). The molecule has 0 bridgehead atoms. The maximum Gasteiger partial charge on any atom is 0.0892 e. The Morgan fingerprint density at radius 1 is 1.46 bits per heavy atom. The summed E-state index contributed by atoms with van der Waals surface area (Å²) < 4.78 is 0. The van der Waals surface area contributed by atoms with E-state index in [4.69, 9.17) is 5.73 Å². The van der Waals surface area contributed by atoms with Crippen molar-refractivity contribution in [3.05, 3.63) is 24.6 Å². The van der Waals surface area contributed by atoms with Gasteiger partial charge in [0.05, 0.1) is 11.4 Å². The normalized spacial score (nSPS) is 15.2. The summed E-state index contributed by atoms with van der Waals surface area (Å²) in [5, 5.41) is 3.23. The zero-order chi connectivity index (χ0) is 10.6. The van der Waals surface area contributed by atoms with E-state index < -0.39 is 0 Å². The lowest BCUT2D eigenvalue weighted by Gasteiger charge is -2.39. The molecule has 0 aromatic rings. The predicted octanol–water partition coefficient (Wildman–Crippen LogP) is 2.39. The first kappa shape index (κ1) is 12.1. The van der Waals surface area contributed by atoms with E-state index in [9.17, 15) is 0 Å². The third-order valence-electron chi connectivity index (χ3n) is 2.69. The summed E-state index contributed by atoms with van der Waals surface area (Å²) in [6.07, 6.45) is 0.968. The zero-order valence-electron chi connectivity index (χ0n) is 9.28. The highest BCUT2D eigenvalue weighted by Gasteiger charge is 2.32. The van der Waals surface area contributed by atoms with Crippen molar-refractivity contribution in [2.75, 3.05) is 0 Å². The van der Waals surface area contributed by atoms with E-state index in [1.165, 1.54) is 0 Å². The molecule has 1 atom stereocenters. The molecule has 0 aliphatic carbocycles. The monoisotopic (exact) mass is 182 g/mol. The third-order valence-corrected chi connectivity index (χ3v) is 2.69. The Kier molecular flexibility index (Phi) is 4.05. The van der Waals surface area contributed by atoms with E-state index in [1.807, 2.05) is 6.92 Å². The molecule has 0 spiro atoms. The van der Waals surface area contributed by atoms with Crippen LogP contribution in [-0.2, 0) is 0 Å². The number of hydrogen-bond acceptors (Lipinski definition) is 2. The van der Waals surface area contributed by atoms with Crippen molar-refractivity contribution >= 4 is 0 Å². The first-order chi connectivity index (χ1) is 5.86. The summed E-state index contributed by atoms with van der Waals surface area (Å²) >= 11 is 0. The fourth-order valence-electron chi connectivity index (χ4n) is 1.83. The number of nitrogens with one attached hydrogen (secondary N) is 1. The van der Waals surface area contributed by atoms with E-state index in [1.54, 1.807) is 0 Å². The first-order valence-corrected chi connectivity index (χ1v) is 4.75. The molecular weight excluding hydrogens is 160 g/mol. The van der Waals surface area contributed by atoms with Gasteiger partial charge in [-0.3, -0.25) is 0 Å². The lowest BCUT2D eigenvalue weighted by Crippen LogP contribution is -2.50. The molecule has 13 heavy (non-hydrogen) atoms. The standard InChI is InChI=1S/C11H22N2/c1-7-11(8(2)3,9(4)5)13-10(6)12/h9,13H,2,6-7,12H2,1,3-5H3. The second-order valence-electron chi connectivity index (χ2n) is 3.91. The third kappa shape index (κ3) is 2.51.